The van der Waals surface area contributed by atoms with E-state index in [0.29, 0.717) is 28.3 Å². The van der Waals surface area contributed by atoms with Crippen molar-refractivity contribution in [3.8, 4) is 22.8 Å². The fraction of sp³-hybridized carbons (Fsp3) is 0.346. The Kier molecular flexibility index (Phi) is 6.86. The Morgan fingerprint density at radius 1 is 1.12 bits per heavy atom. The Labute approximate surface area is 198 Å². The molecule has 2 amide bonds. The van der Waals surface area contributed by atoms with E-state index in [9.17, 15) is 14.7 Å². The molecule has 0 atom stereocenters. The van der Waals surface area contributed by atoms with Crippen molar-refractivity contribution in [3.05, 3.63) is 59.8 Å². The average Bonchev–Trinajstić information content (AvgIpc) is 3.49. The molecule has 8 nitrogen and oxygen atoms in total. The lowest BCUT2D eigenvalue weighted by atomic mass is 10.0. The third-order valence-corrected chi connectivity index (χ3v) is 6.00. The number of hydrogen-bond donors (Lipinski definition) is 3. The SMILES string of the molecule is COc1ccccc1C(=O)Nc1ccc(-c2cc(C3CCCC3)n(C(=O)NC(C)C)n2)c(O)c1. The highest BCUT2D eigenvalue weighted by Gasteiger charge is 2.26. The van der Waals surface area contributed by atoms with Crippen molar-refractivity contribution in [2.75, 3.05) is 12.4 Å². The molecule has 1 heterocycles. The number of ether oxygens (including phenoxy) is 1. The summed E-state index contributed by atoms with van der Waals surface area (Å²) in [5.74, 6) is 0.346. The van der Waals surface area contributed by atoms with E-state index in [-0.39, 0.29) is 29.6 Å². The van der Waals surface area contributed by atoms with Crippen molar-refractivity contribution in [2.24, 2.45) is 0 Å². The van der Waals surface area contributed by atoms with Crippen LogP contribution in [0.1, 0.15) is 61.5 Å². The number of aromatic hydroxyl groups is 1. The summed E-state index contributed by atoms with van der Waals surface area (Å²) in [6.07, 6.45) is 4.28. The molecule has 0 aliphatic heterocycles. The van der Waals surface area contributed by atoms with Gasteiger partial charge in [-0.05, 0) is 57.0 Å². The Hall–Kier alpha value is -3.81. The van der Waals surface area contributed by atoms with Crippen molar-refractivity contribution >= 4 is 17.6 Å². The lowest BCUT2D eigenvalue weighted by molar-refractivity contribution is 0.102. The van der Waals surface area contributed by atoms with Gasteiger partial charge in [-0.1, -0.05) is 25.0 Å². The van der Waals surface area contributed by atoms with Crippen LogP contribution in [-0.2, 0) is 0 Å². The van der Waals surface area contributed by atoms with Crippen molar-refractivity contribution < 1.29 is 19.4 Å². The minimum absolute atomic E-state index is 0.0175. The van der Waals surface area contributed by atoms with Gasteiger partial charge in [-0.15, -0.1) is 0 Å². The van der Waals surface area contributed by atoms with Crippen LogP contribution in [0.25, 0.3) is 11.3 Å². The summed E-state index contributed by atoms with van der Waals surface area (Å²) in [4.78, 5) is 25.5. The molecule has 0 saturated heterocycles. The van der Waals surface area contributed by atoms with Gasteiger partial charge < -0.3 is 20.5 Å². The molecule has 3 aromatic rings. The lowest BCUT2D eigenvalue weighted by Gasteiger charge is -2.13. The normalized spacial score (nSPS) is 13.8. The Bertz CT molecular complexity index is 1200. The number of phenolic OH excluding ortho intramolecular Hbond substituents is 1. The van der Waals surface area contributed by atoms with Gasteiger partial charge in [-0.25, -0.2) is 4.79 Å². The minimum atomic E-state index is -0.345. The highest BCUT2D eigenvalue weighted by atomic mass is 16.5. The van der Waals surface area contributed by atoms with Gasteiger partial charge in [0.15, 0.2) is 0 Å². The zero-order valence-corrected chi connectivity index (χ0v) is 19.7. The van der Waals surface area contributed by atoms with Crippen LogP contribution in [0, 0.1) is 0 Å². The van der Waals surface area contributed by atoms with Crippen LogP contribution in [0.3, 0.4) is 0 Å². The van der Waals surface area contributed by atoms with Crippen LogP contribution < -0.4 is 15.4 Å². The maximum Gasteiger partial charge on any atom is 0.342 e. The van der Waals surface area contributed by atoms with Gasteiger partial charge in [0.1, 0.15) is 11.5 Å². The molecule has 0 bridgehead atoms. The second-order valence-corrected chi connectivity index (χ2v) is 8.84. The maximum absolute atomic E-state index is 12.8. The van der Waals surface area contributed by atoms with Crippen LogP contribution in [0.5, 0.6) is 11.5 Å². The molecule has 1 saturated carbocycles. The topological polar surface area (TPSA) is 105 Å². The first kappa shape index (κ1) is 23.4. The number of aromatic nitrogens is 2. The maximum atomic E-state index is 12.8. The molecule has 4 rings (SSSR count). The van der Waals surface area contributed by atoms with Gasteiger partial charge in [0.05, 0.1) is 24.1 Å². The number of nitrogens with zero attached hydrogens (tertiary/aromatic N) is 2. The number of benzene rings is 2. The molecule has 1 aliphatic rings. The van der Waals surface area contributed by atoms with E-state index < -0.39 is 0 Å². The van der Waals surface area contributed by atoms with E-state index >= 15 is 0 Å². The number of amides is 2. The zero-order valence-electron chi connectivity index (χ0n) is 19.7. The summed E-state index contributed by atoms with van der Waals surface area (Å²) in [5, 5.41) is 21.0. The first-order chi connectivity index (χ1) is 16.4. The van der Waals surface area contributed by atoms with E-state index in [2.05, 4.69) is 15.7 Å². The summed E-state index contributed by atoms with van der Waals surface area (Å²) in [6, 6.07) is 13.4. The molecule has 0 spiro atoms. The monoisotopic (exact) mass is 462 g/mol. The minimum Gasteiger partial charge on any atom is -0.507 e. The number of carbonyl (C=O) groups is 2. The quantitative estimate of drug-likeness (QED) is 0.470. The van der Waals surface area contributed by atoms with Crippen LogP contribution in [0.15, 0.2) is 48.5 Å². The summed E-state index contributed by atoms with van der Waals surface area (Å²) in [7, 11) is 1.51. The Balaban J connectivity index is 1.61. The molecule has 178 valence electrons. The van der Waals surface area contributed by atoms with E-state index in [1.807, 2.05) is 19.9 Å². The highest BCUT2D eigenvalue weighted by molar-refractivity contribution is 6.06. The number of para-hydroxylation sites is 1. The fourth-order valence-corrected chi connectivity index (χ4v) is 4.37. The van der Waals surface area contributed by atoms with Crippen molar-refractivity contribution in [2.45, 2.75) is 51.5 Å². The molecule has 1 aromatic heterocycles. The second-order valence-electron chi connectivity index (χ2n) is 8.84. The largest absolute Gasteiger partial charge is 0.507 e. The molecule has 3 N–H and O–H groups in total. The first-order valence-electron chi connectivity index (χ1n) is 11.6. The summed E-state index contributed by atoms with van der Waals surface area (Å²) < 4.78 is 6.68. The van der Waals surface area contributed by atoms with Crippen molar-refractivity contribution in [1.29, 1.82) is 0 Å². The number of anilines is 1. The molecule has 0 radical (unpaired) electrons. The summed E-state index contributed by atoms with van der Waals surface area (Å²) in [5.41, 5.74) is 2.69. The number of rotatable bonds is 6. The van der Waals surface area contributed by atoms with E-state index in [1.54, 1.807) is 36.4 Å². The molecule has 34 heavy (non-hydrogen) atoms. The van der Waals surface area contributed by atoms with Crippen LogP contribution >= 0.6 is 0 Å². The molecular formula is C26H30N4O4. The number of phenols is 1. The van der Waals surface area contributed by atoms with Gasteiger partial charge in [-0.2, -0.15) is 9.78 Å². The molecule has 0 unspecified atom stereocenters. The molecular weight excluding hydrogens is 432 g/mol. The predicted octanol–water partition coefficient (Wildman–Crippen LogP) is 5.14. The number of methoxy groups -OCH3 is 1. The Morgan fingerprint density at radius 3 is 2.53 bits per heavy atom. The zero-order chi connectivity index (χ0) is 24.2. The van der Waals surface area contributed by atoms with Crippen LogP contribution in [0.2, 0.25) is 0 Å². The van der Waals surface area contributed by atoms with Gasteiger partial charge in [0.25, 0.3) is 5.91 Å². The molecule has 1 fully saturated rings. The van der Waals surface area contributed by atoms with Crippen molar-refractivity contribution in [3.63, 3.8) is 0 Å². The fourth-order valence-electron chi connectivity index (χ4n) is 4.37. The lowest BCUT2D eigenvalue weighted by Crippen LogP contribution is -2.35. The van der Waals surface area contributed by atoms with Gasteiger partial charge in [0.2, 0.25) is 0 Å². The average molecular weight is 463 g/mol. The Morgan fingerprint density at radius 2 is 1.85 bits per heavy atom. The first-order valence-corrected chi connectivity index (χ1v) is 11.6. The third-order valence-electron chi connectivity index (χ3n) is 6.00. The summed E-state index contributed by atoms with van der Waals surface area (Å²) in [6.45, 7) is 3.81. The van der Waals surface area contributed by atoms with E-state index in [0.717, 1.165) is 31.4 Å². The number of hydrogen-bond acceptors (Lipinski definition) is 5. The molecule has 1 aliphatic carbocycles. The number of nitrogens with one attached hydrogen (secondary N) is 2. The molecule has 8 heteroatoms. The van der Waals surface area contributed by atoms with Crippen LogP contribution in [-0.4, -0.2) is 40.0 Å². The second kappa shape index (κ2) is 9.99. The van der Waals surface area contributed by atoms with E-state index in [1.165, 1.54) is 17.9 Å². The third kappa shape index (κ3) is 4.90. The molecule has 2 aromatic carbocycles. The highest BCUT2D eigenvalue weighted by Crippen LogP contribution is 2.38. The van der Waals surface area contributed by atoms with E-state index in [4.69, 9.17) is 4.74 Å². The predicted molar refractivity (Wildman–Crippen MR) is 131 cm³/mol. The van der Waals surface area contributed by atoms with Crippen molar-refractivity contribution in [1.82, 2.24) is 15.1 Å². The smallest absolute Gasteiger partial charge is 0.342 e. The van der Waals surface area contributed by atoms with Crippen LogP contribution in [0.4, 0.5) is 10.5 Å². The number of carbonyl (C=O) groups excluding carboxylic acids is 2. The van der Waals surface area contributed by atoms with Gasteiger partial charge in [-0.3, -0.25) is 4.79 Å². The summed E-state index contributed by atoms with van der Waals surface area (Å²) >= 11 is 0. The van der Waals surface area contributed by atoms with Gasteiger partial charge >= 0.3 is 6.03 Å². The standard InChI is InChI=1S/C26H30N4O4/c1-16(2)27-26(33)30-22(17-8-4-5-9-17)15-21(29-30)19-13-12-18(14-23(19)31)28-25(32)20-10-6-7-11-24(20)34-3/h6-7,10-17,31H,4-5,8-9H2,1-3H3,(H,27,33)(H,28,32). The van der Waals surface area contributed by atoms with Gasteiger partial charge in [0, 0.05) is 29.3 Å².